The predicted octanol–water partition coefficient (Wildman–Crippen LogP) is 6.83. The molecule has 4 nitrogen and oxygen atoms in total. The number of aryl methyl sites for hydroxylation is 1. The van der Waals surface area contributed by atoms with Crippen molar-refractivity contribution in [2.75, 3.05) is 5.32 Å². The Labute approximate surface area is 193 Å². The van der Waals surface area contributed by atoms with Crippen LogP contribution in [0.4, 0.5) is 10.5 Å². The number of nitrogens with one attached hydrogen (secondary N) is 1. The number of hydrogen-bond donors (Lipinski definition) is 1. The van der Waals surface area contributed by atoms with E-state index in [1.54, 1.807) is 0 Å². The number of halogens is 1. The first kappa shape index (κ1) is 20.4. The second-order valence-electron chi connectivity index (χ2n) is 7.96. The molecule has 1 aliphatic rings. The number of anilines is 1. The molecule has 32 heavy (non-hydrogen) atoms. The Morgan fingerprint density at radius 3 is 2.66 bits per heavy atom. The molecule has 0 saturated carbocycles. The first-order valence-electron chi connectivity index (χ1n) is 10.8. The summed E-state index contributed by atoms with van der Waals surface area (Å²) in [5.74, 6) is 0. The number of carbonyl (C=O) groups is 1. The maximum atomic E-state index is 13.8. The summed E-state index contributed by atoms with van der Waals surface area (Å²) >= 11 is 6.37. The van der Waals surface area contributed by atoms with Crippen LogP contribution in [0.1, 0.15) is 35.3 Å². The Bertz CT molecular complexity index is 1280. The molecule has 5 heteroatoms. The molecule has 0 spiro atoms. The highest BCUT2D eigenvalue weighted by atomic mass is 35.5. The summed E-state index contributed by atoms with van der Waals surface area (Å²) in [4.78, 5) is 15.7. The van der Waals surface area contributed by atoms with E-state index < -0.39 is 0 Å². The number of benzene rings is 3. The zero-order valence-electron chi connectivity index (χ0n) is 17.8. The van der Waals surface area contributed by atoms with Crippen LogP contribution in [-0.4, -0.2) is 15.5 Å². The molecule has 3 aromatic carbocycles. The van der Waals surface area contributed by atoms with E-state index in [2.05, 4.69) is 41.2 Å². The molecule has 0 fully saturated rings. The molecule has 1 aromatic heterocycles. The van der Waals surface area contributed by atoms with Gasteiger partial charge in [0.1, 0.15) is 0 Å². The van der Waals surface area contributed by atoms with E-state index in [-0.39, 0.29) is 12.1 Å². The minimum Gasteiger partial charge on any atom is -0.318 e. The van der Waals surface area contributed by atoms with Gasteiger partial charge in [-0.25, -0.2) is 4.79 Å². The summed E-state index contributed by atoms with van der Waals surface area (Å²) in [7, 11) is 0. The molecule has 4 aromatic rings. The third kappa shape index (κ3) is 3.67. The van der Waals surface area contributed by atoms with Gasteiger partial charge in [-0.05, 0) is 59.5 Å². The highest BCUT2D eigenvalue weighted by Gasteiger charge is 2.33. The van der Waals surface area contributed by atoms with Crippen LogP contribution in [0, 0.1) is 0 Å². The third-order valence-electron chi connectivity index (χ3n) is 6.03. The Hall–Kier alpha value is -3.50. The van der Waals surface area contributed by atoms with Crippen molar-refractivity contribution in [2.24, 2.45) is 0 Å². The molecule has 2 amide bonds. The highest BCUT2D eigenvalue weighted by molar-refractivity contribution is 6.30. The lowest BCUT2D eigenvalue weighted by Crippen LogP contribution is -2.38. The summed E-state index contributed by atoms with van der Waals surface area (Å²) in [5.41, 5.74) is 6.13. The minimum atomic E-state index is -0.287. The van der Waals surface area contributed by atoms with E-state index >= 15 is 0 Å². The molecule has 2 heterocycles. The number of rotatable bonds is 3. The van der Waals surface area contributed by atoms with Gasteiger partial charge in [0.25, 0.3) is 0 Å². The molecule has 1 aliphatic heterocycles. The number of amides is 2. The molecule has 0 aliphatic carbocycles. The SMILES string of the molecule is CCc1ccccc1NC(=O)N1Cc2ccccc2-n2cccc2C1c1cccc(Cl)c1. The first-order chi connectivity index (χ1) is 15.7. The van der Waals surface area contributed by atoms with Crippen molar-refractivity contribution in [2.45, 2.75) is 25.9 Å². The molecular weight excluding hydrogens is 418 g/mol. The fourth-order valence-corrected chi connectivity index (χ4v) is 4.70. The van der Waals surface area contributed by atoms with Crippen LogP contribution >= 0.6 is 11.6 Å². The van der Waals surface area contributed by atoms with Gasteiger partial charge in [0.05, 0.1) is 18.3 Å². The summed E-state index contributed by atoms with van der Waals surface area (Å²) < 4.78 is 2.17. The lowest BCUT2D eigenvalue weighted by atomic mass is 10.0. The van der Waals surface area contributed by atoms with E-state index in [1.165, 1.54) is 0 Å². The minimum absolute atomic E-state index is 0.139. The van der Waals surface area contributed by atoms with E-state index in [1.807, 2.05) is 71.6 Å². The maximum absolute atomic E-state index is 13.8. The molecule has 1 N–H and O–H groups in total. The Morgan fingerprint density at radius 1 is 1.00 bits per heavy atom. The quantitative estimate of drug-likeness (QED) is 0.371. The Balaban J connectivity index is 1.64. The molecule has 0 radical (unpaired) electrons. The van der Waals surface area contributed by atoms with Crippen LogP contribution in [0.15, 0.2) is 91.1 Å². The predicted molar refractivity (Wildman–Crippen MR) is 129 cm³/mol. The fourth-order valence-electron chi connectivity index (χ4n) is 4.50. The van der Waals surface area contributed by atoms with Gasteiger partial charge in [0.2, 0.25) is 0 Å². The van der Waals surface area contributed by atoms with E-state index in [4.69, 9.17) is 11.6 Å². The number of para-hydroxylation sites is 2. The number of nitrogens with zero attached hydrogens (tertiary/aromatic N) is 2. The van der Waals surface area contributed by atoms with Crippen molar-refractivity contribution >= 4 is 23.3 Å². The van der Waals surface area contributed by atoms with Crippen LogP contribution in [0.25, 0.3) is 5.69 Å². The van der Waals surface area contributed by atoms with Gasteiger partial charge in [-0.15, -0.1) is 0 Å². The highest BCUT2D eigenvalue weighted by Crippen LogP contribution is 2.37. The molecular formula is C27H24ClN3O. The van der Waals surface area contributed by atoms with Gasteiger partial charge in [-0.1, -0.05) is 67.1 Å². The van der Waals surface area contributed by atoms with E-state index in [9.17, 15) is 4.79 Å². The standard InChI is InChI=1S/C27H24ClN3O/c1-2-19-9-3-5-13-23(19)29-27(32)31-18-21-10-4-6-14-24(21)30-16-8-15-25(30)26(31)20-11-7-12-22(28)17-20/h3-17,26H,2,18H2,1H3,(H,29,32). The summed E-state index contributed by atoms with van der Waals surface area (Å²) in [6.45, 7) is 2.57. The Morgan fingerprint density at radius 2 is 1.81 bits per heavy atom. The van der Waals surface area contributed by atoms with E-state index in [0.717, 1.165) is 40.2 Å². The van der Waals surface area contributed by atoms with Gasteiger partial charge in [0.15, 0.2) is 0 Å². The third-order valence-corrected chi connectivity index (χ3v) is 6.26. The van der Waals surface area contributed by atoms with Crippen LogP contribution in [0.3, 0.4) is 0 Å². The van der Waals surface area contributed by atoms with Crippen LogP contribution in [0.5, 0.6) is 0 Å². The second kappa shape index (κ2) is 8.56. The molecule has 1 atom stereocenters. The Kier molecular flexibility index (Phi) is 5.46. The molecule has 1 unspecified atom stereocenters. The zero-order valence-corrected chi connectivity index (χ0v) is 18.6. The maximum Gasteiger partial charge on any atom is 0.322 e. The van der Waals surface area contributed by atoms with Crippen molar-refractivity contribution in [1.29, 1.82) is 0 Å². The van der Waals surface area contributed by atoms with Crippen molar-refractivity contribution in [3.8, 4) is 5.69 Å². The first-order valence-corrected chi connectivity index (χ1v) is 11.2. The largest absolute Gasteiger partial charge is 0.322 e. The van der Waals surface area contributed by atoms with Gasteiger partial charge >= 0.3 is 6.03 Å². The van der Waals surface area contributed by atoms with Gasteiger partial charge in [-0.3, -0.25) is 0 Å². The lowest BCUT2D eigenvalue weighted by Gasteiger charge is -2.31. The van der Waals surface area contributed by atoms with Crippen molar-refractivity contribution < 1.29 is 4.79 Å². The fraction of sp³-hybridized carbons (Fsp3) is 0.148. The van der Waals surface area contributed by atoms with Gasteiger partial charge in [0, 0.05) is 22.6 Å². The van der Waals surface area contributed by atoms with Crippen molar-refractivity contribution in [3.05, 3.63) is 119 Å². The van der Waals surface area contributed by atoms with Gasteiger partial charge < -0.3 is 14.8 Å². The van der Waals surface area contributed by atoms with Crippen molar-refractivity contribution in [3.63, 3.8) is 0 Å². The topological polar surface area (TPSA) is 37.3 Å². The number of carbonyl (C=O) groups excluding carboxylic acids is 1. The molecule has 160 valence electrons. The van der Waals surface area contributed by atoms with Gasteiger partial charge in [-0.2, -0.15) is 0 Å². The summed E-state index contributed by atoms with van der Waals surface area (Å²) in [6, 6.07) is 27.6. The van der Waals surface area contributed by atoms with Crippen LogP contribution < -0.4 is 5.32 Å². The number of urea groups is 1. The van der Waals surface area contributed by atoms with Crippen molar-refractivity contribution in [1.82, 2.24) is 9.47 Å². The average molecular weight is 442 g/mol. The van der Waals surface area contributed by atoms with E-state index in [0.29, 0.717) is 11.6 Å². The second-order valence-corrected chi connectivity index (χ2v) is 8.39. The smallest absolute Gasteiger partial charge is 0.318 e. The van der Waals surface area contributed by atoms with Crippen LogP contribution in [0.2, 0.25) is 5.02 Å². The zero-order chi connectivity index (χ0) is 22.1. The summed E-state index contributed by atoms with van der Waals surface area (Å²) in [5, 5.41) is 3.82. The number of aromatic nitrogens is 1. The molecule has 5 rings (SSSR count). The monoisotopic (exact) mass is 441 g/mol. The average Bonchev–Trinajstić information content (AvgIpc) is 3.23. The van der Waals surface area contributed by atoms with Crippen LogP contribution in [-0.2, 0) is 13.0 Å². The molecule has 0 bridgehead atoms. The number of fused-ring (bicyclic) bond motifs is 3. The number of hydrogen-bond acceptors (Lipinski definition) is 1. The molecule has 0 saturated heterocycles. The summed E-state index contributed by atoms with van der Waals surface area (Å²) in [6.07, 6.45) is 2.90. The lowest BCUT2D eigenvalue weighted by molar-refractivity contribution is 0.194. The normalized spacial score (nSPS) is 14.9.